The Labute approximate surface area is 119 Å². The third-order valence-corrected chi connectivity index (χ3v) is 3.33. The summed E-state index contributed by atoms with van der Waals surface area (Å²) in [7, 11) is 0. The first-order chi connectivity index (χ1) is 9.32. The van der Waals surface area contributed by atoms with Gasteiger partial charge in [0, 0.05) is 5.56 Å². The van der Waals surface area contributed by atoms with Crippen molar-refractivity contribution in [1.29, 1.82) is 0 Å². The fourth-order valence-electron chi connectivity index (χ4n) is 1.91. The molecule has 2 aromatic rings. The average Bonchev–Trinajstić information content (AvgIpc) is 2.37. The van der Waals surface area contributed by atoms with Crippen molar-refractivity contribution >= 4 is 17.9 Å². The molecule has 0 N–H and O–H groups in total. The minimum atomic E-state index is -4.50. The Hall–Kier alpha value is -1.81. The third-order valence-electron chi connectivity index (χ3n) is 3.00. The summed E-state index contributed by atoms with van der Waals surface area (Å²) in [5, 5.41) is -0.331. The van der Waals surface area contributed by atoms with Crippen molar-refractivity contribution in [1.82, 2.24) is 0 Å². The van der Waals surface area contributed by atoms with Crippen LogP contribution in [0.3, 0.4) is 0 Å². The molecule has 5 heteroatoms. The van der Waals surface area contributed by atoms with E-state index < -0.39 is 11.7 Å². The zero-order valence-electron chi connectivity index (χ0n) is 10.5. The van der Waals surface area contributed by atoms with Gasteiger partial charge < -0.3 is 0 Å². The Morgan fingerprint density at radius 2 is 1.65 bits per heavy atom. The van der Waals surface area contributed by atoms with Crippen molar-refractivity contribution in [2.45, 2.75) is 13.1 Å². The minimum absolute atomic E-state index is 0.331. The predicted molar refractivity (Wildman–Crippen MR) is 72.0 cm³/mol. The van der Waals surface area contributed by atoms with Crippen LogP contribution < -0.4 is 0 Å². The standard InChI is InChI=1S/C15H10ClF3O/c1-9-6-10(2-3-12(9)8-20)11-4-5-14(16)13(7-11)15(17,18)19/h2-8H,1H3. The molecular weight excluding hydrogens is 289 g/mol. The molecule has 0 saturated heterocycles. The Balaban J connectivity index is 2.54. The van der Waals surface area contributed by atoms with Gasteiger partial charge in [0.05, 0.1) is 10.6 Å². The Morgan fingerprint density at radius 3 is 2.20 bits per heavy atom. The molecule has 20 heavy (non-hydrogen) atoms. The van der Waals surface area contributed by atoms with E-state index in [1.165, 1.54) is 12.1 Å². The van der Waals surface area contributed by atoms with E-state index in [0.717, 1.165) is 6.07 Å². The van der Waals surface area contributed by atoms with E-state index >= 15 is 0 Å². The first kappa shape index (κ1) is 14.6. The average molecular weight is 299 g/mol. The fraction of sp³-hybridized carbons (Fsp3) is 0.133. The number of rotatable bonds is 2. The number of benzene rings is 2. The molecule has 2 aromatic carbocycles. The normalized spacial score (nSPS) is 11.4. The lowest BCUT2D eigenvalue weighted by Gasteiger charge is -2.11. The zero-order chi connectivity index (χ0) is 14.9. The molecule has 0 bridgehead atoms. The van der Waals surface area contributed by atoms with Gasteiger partial charge >= 0.3 is 6.18 Å². The minimum Gasteiger partial charge on any atom is -0.298 e. The number of aldehydes is 1. The number of hydrogen-bond acceptors (Lipinski definition) is 1. The van der Waals surface area contributed by atoms with Crippen LogP contribution in [0.1, 0.15) is 21.5 Å². The summed E-state index contributed by atoms with van der Waals surface area (Å²) in [5.41, 5.74) is 1.37. The van der Waals surface area contributed by atoms with Crippen LogP contribution in [0, 0.1) is 6.92 Å². The number of carbonyl (C=O) groups excluding carboxylic acids is 1. The van der Waals surface area contributed by atoms with Crippen LogP contribution in [0.25, 0.3) is 11.1 Å². The van der Waals surface area contributed by atoms with E-state index in [0.29, 0.717) is 28.5 Å². The number of hydrogen-bond donors (Lipinski definition) is 0. The summed E-state index contributed by atoms with van der Waals surface area (Å²) in [6, 6.07) is 8.63. The van der Waals surface area contributed by atoms with Crippen LogP contribution in [0.15, 0.2) is 36.4 Å². The van der Waals surface area contributed by atoms with Gasteiger partial charge in [-0.1, -0.05) is 35.9 Å². The van der Waals surface area contributed by atoms with Crippen LogP contribution >= 0.6 is 11.6 Å². The molecule has 0 amide bonds. The number of alkyl halides is 3. The number of aryl methyl sites for hydroxylation is 1. The van der Waals surface area contributed by atoms with Crippen LogP contribution in [0.5, 0.6) is 0 Å². The van der Waals surface area contributed by atoms with Gasteiger partial charge in [-0.25, -0.2) is 0 Å². The van der Waals surface area contributed by atoms with Crippen molar-refractivity contribution in [3.8, 4) is 11.1 Å². The molecule has 0 aromatic heterocycles. The van der Waals surface area contributed by atoms with Gasteiger partial charge in [-0.15, -0.1) is 0 Å². The summed E-state index contributed by atoms with van der Waals surface area (Å²) in [6.07, 6.45) is -3.78. The van der Waals surface area contributed by atoms with Gasteiger partial charge in [0.25, 0.3) is 0 Å². The van der Waals surface area contributed by atoms with E-state index in [1.807, 2.05) is 0 Å². The van der Waals surface area contributed by atoms with Crippen molar-refractivity contribution in [3.05, 3.63) is 58.1 Å². The smallest absolute Gasteiger partial charge is 0.298 e. The lowest BCUT2D eigenvalue weighted by Crippen LogP contribution is -2.05. The molecule has 2 rings (SSSR count). The predicted octanol–water partition coefficient (Wildman–Crippen LogP) is 5.15. The molecule has 0 atom stereocenters. The summed E-state index contributed by atoms with van der Waals surface area (Å²) in [5.74, 6) is 0. The summed E-state index contributed by atoms with van der Waals surface area (Å²) < 4.78 is 38.4. The monoisotopic (exact) mass is 298 g/mol. The van der Waals surface area contributed by atoms with Gasteiger partial charge in [-0.3, -0.25) is 4.79 Å². The van der Waals surface area contributed by atoms with Gasteiger partial charge in [0.1, 0.15) is 6.29 Å². The van der Waals surface area contributed by atoms with E-state index in [4.69, 9.17) is 11.6 Å². The first-order valence-corrected chi connectivity index (χ1v) is 6.13. The number of halogens is 4. The number of carbonyl (C=O) groups is 1. The van der Waals surface area contributed by atoms with Crippen LogP contribution in [0.4, 0.5) is 13.2 Å². The first-order valence-electron chi connectivity index (χ1n) is 5.76. The summed E-state index contributed by atoms with van der Waals surface area (Å²) in [6.45, 7) is 1.73. The highest BCUT2D eigenvalue weighted by atomic mass is 35.5. The molecule has 0 aliphatic heterocycles. The van der Waals surface area contributed by atoms with Gasteiger partial charge in [0.15, 0.2) is 0 Å². The van der Waals surface area contributed by atoms with Crippen LogP contribution in [0.2, 0.25) is 5.02 Å². The SMILES string of the molecule is Cc1cc(-c2ccc(Cl)c(C(F)(F)F)c2)ccc1C=O. The maximum Gasteiger partial charge on any atom is 0.417 e. The van der Waals surface area contributed by atoms with Crippen molar-refractivity contribution in [2.75, 3.05) is 0 Å². The Kier molecular flexibility index (Phi) is 3.86. The van der Waals surface area contributed by atoms with Gasteiger partial charge in [-0.2, -0.15) is 13.2 Å². The van der Waals surface area contributed by atoms with Gasteiger partial charge in [0.2, 0.25) is 0 Å². The van der Waals surface area contributed by atoms with Crippen LogP contribution in [-0.2, 0) is 6.18 Å². The van der Waals surface area contributed by atoms with Gasteiger partial charge in [-0.05, 0) is 35.7 Å². The molecule has 104 valence electrons. The van der Waals surface area contributed by atoms with Crippen LogP contribution in [-0.4, -0.2) is 6.29 Å². The topological polar surface area (TPSA) is 17.1 Å². The second kappa shape index (κ2) is 5.29. The van der Waals surface area contributed by atoms with E-state index in [1.54, 1.807) is 25.1 Å². The molecule has 0 unspecified atom stereocenters. The maximum absolute atomic E-state index is 12.8. The Morgan fingerprint density at radius 1 is 1.05 bits per heavy atom. The fourth-order valence-corrected chi connectivity index (χ4v) is 2.13. The molecule has 1 nitrogen and oxygen atoms in total. The van der Waals surface area contributed by atoms with E-state index in [9.17, 15) is 18.0 Å². The molecule has 0 aliphatic carbocycles. The second-order valence-corrected chi connectivity index (χ2v) is 4.79. The van der Waals surface area contributed by atoms with Crippen molar-refractivity contribution in [3.63, 3.8) is 0 Å². The molecule has 0 heterocycles. The lowest BCUT2D eigenvalue weighted by molar-refractivity contribution is -0.137. The van der Waals surface area contributed by atoms with E-state index in [-0.39, 0.29) is 5.02 Å². The molecule has 0 saturated carbocycles. The molecule has 0 radical (unpaired) electrons. The molecular formula is C15H10ClF3O. The van der Waals surface area contributed by atoms with Crippen molar-refractivity contribution in [2.24, 2.45) is 0 Å². The third kappa shape index (κ3) is 2.85. The van der Waals surface area contributed by atoms with Crippen molar-refractivity contribution < 1.29 is 18.0 Å². The summed E-state index contributed by atoms with van der Waals surface area (Å²) in [4.78, 5) is 10.7. The maximum atomic E-state index is 12.8. The Bertz CT molecular complexity index is 663. The second-order valence-electron chi connectivity index (χ2n) is 4.38. The quantitative estimate of drug-likeness (QED) is 0.701. The highest BCUT2D eigenvalue weighted by Crippen LogP contribution is 2.37. The molecule has 0 aliphatic rings. The molecule has 0 fully saturated rings. The zero-order valence-corrected chi connectivity index (χ0v) is 11.2. The largest absolute Gasteiger partial charge is 0.417 e. The van der Waals surface area contributed by atoms with E-state index in [2.05, 4.69) is 0 Å². The molecule has 0 spiro atoms. The lowest BCUT2D eigenvalue weighted by atomic mass is 9.99. The highest BCUT2D eigenvalue weighted by Gasteiger charge is 2.33. The highest BCUT2D eigenvalue weighted by molar-refractivity contribution is 6.31. The summed E-state index contributed by atoms with van der Waals surface area (Å²) >= 11 is 5.58.